The fourth-order valence-corrected chi connectivity index (χ4v) is 2.86. The number of hydrogen-bond acceptors (Lipinski definition) is 3. The van der Waals surface area contributed by atoms with Crippen molar-refractivity contribution < 1.29 is 4.79 Å². The van der Waals surface area contributed by atoms with Crippen molar-refractivity contribution in [1.82, 2.24) is 0 Å². The van der Waals surface area contributed by atoms with Crippen LogP contribution in [0.3, 0.4) is 0 Å². The first-order valence-corrected chi connectivity index (χ1v) is 7.06. The molecular formula is C15H23N3O. The molecular weight excluding hydrogens is 238 g/mol. The second-order valence-electron chi connectivity index (χ2n) is 5.45. The highest BCUT2D eigenvalue weighted by atomic mass is 16.1. The molecule has 5 N–H and O–H groups in total. The number of rotatable bonds is 4. The highest BCUT2D eigenvalue weighted by Gasteiger charge is 2.21. The average Bonchev–Trinajstić information content (AvgIpc) is 2.41. The first-order valence-electron chi connectivity index (χ1n) is 7.06. The molecule has 2 atom stereocenters. The molecule has 104 valence electrons. The highest BCUT2D eigenvalue weighted by Crippen LogP contribution is 2.30. The lowest BCUT2D eigenvalue weighted by Gasteiger charge is -2.30. The van der Waals surface area contributed by atoms with Gasteiger partial charge in [-0.1, -0.05) is 26.2 Å². The normalized spacial score (nSPS) is 23.0. The molecule has 0 bridgehead atoms. The van der Waals surface area contributed by atoms with Gasteiger partial charge in [-0.2, -0.15) is 0 Å². The molecule has 2 unspecified atom stereocenters. The van der Waals surface area contributed by atoms with Crippen LogP contribution in [0, 0.1) is 5.92 Å². The van der Waals surface area contributed by atoms with E-state index in [4.69, 9.17) is 11.5 Å². The Labute approximate surface area is 114 Å². The molecule has 1 saturated carbocycles. The van der Waals surface area contributed by atoms with Crippen molar-refractivity contribution in [3.05, 3.63) is 23.8 Å². The summed E-state index contributed by atoms with van der Waals surface area (Å²) >= 11 is 0. The Morgan fingerprint density at radius 2 is 2.21 bits per heavy atom. The van der Waals surface area contributed by atoms with Gasteiger partial charge in [0.15, 0.2) is 0 Å². The summed E-state index contributed by atoms with van der Waals surface area (Å²) in [5.41, 5.74) is 13.2. The van der Waals surface area contributed by atoms with Gasteiger partial charge < -0.3 is 16.8 Å². The molecule has 2 rings (SSSR count). The zero-order valence-electron chi connectivity index (χ0n) is 11.5. The van der Waals surface area contributed by atoms with Gasteiger partial charge in [-0.25, -0.2) is 0 Å². The Morgan fingerprint density at radius 1 is 1.42 bits per heavy atom. The van der Waals surface area contributed by atoms with E-state index in [1.54, 1.807) is 12.1 Å². The number of primary amides is 1. The van der Waals surface area contributed by atoms with Crippen LogP contribution in [-0.2, 0) is 0 Å². The summed E-state index contributed by atoms with van der Waals surface area (Å²) in [6, 6.07) is 5.71. The van der Waals surface area contributed by atoms with Gasteiger partial charge in [0, 0.05) is 11.6 Å². The van der Waals surface area contributed by atoms with E-state index in [0.29, 0.717) is 17.3 Å². The van der Waals surface area contributed by atoms with E-state index in [9.17, 15) is 4.79 Å². The lowest BCUT2D eigenvalue weighted by Crippen LogP contribution is -2.27. The van der Waals surface area contributed by atoms with Gasteiger partial charge in [-0.3, -0.25) is 4.79 Å². The zero-order valence-corrected chi connectivity index (χ0v) is 11.5. The van der Waals surface area contributed by atoms with E-state index in [2.05, 4.69) is 12.2 Å². The van der Waals surface area contributed by atoms with Gasteiger partial charge >= 0.3 is 0 Å². The van der Waals surface area contributed by atoms with E-state index < -0.39 is 5.91 Å². The maximum Gasteiger partial charge on any atom is 0.248 e. The van der Waals surface area contributed by atoms with Gasteiger partial charge in [0.25, 0.3) is 0 Å². The number of carbonyl (C=O) groups is 1. The fourth-order valence-electron chi connectivity index (χ4n) is 2.86. The third-order valence-corrected chi connectivity index (χ3v) is 4.06. The van der Waals surface area contributed by atoms with Crippen molar-refractivity contribution in [2.45, 2.75) is 45.1 Å². The van der Waals surface area contributed by atoms with Crippen LogP contribution in [0.15, 0.2) is 18.2 Å². The Balaban J connectivity index is 2.04. The maximum atomic E-state index is 11.1. The van der Waals surface area contributed by atoms with Crippen LogP contribution in [0.5, 0.6) is 0 Å². The molecule has 19 heavy (non-hydrogen) atoms. The van der Waals surface area contributed by atoms with Crippen molar-refractivity contribution >= 4 is 17.3 Å². The SMILES string of the molecule is CCC1CCCC(Nc2ccc(C(N)=O)cc2N)C1. The summed E-state index contributed by atoms with van der Waals surface area (Å²) in [4.78, 5) is 11.1. The van der Waals surface area contributed by atoms with Gasteiger partial charge in [-0.15, -0.1) is 0 Å². The third kappa shape index (κ3) is 3.40. The minimum atomic E-state index is -0.443. The van der Waals surface area contributed by atoms with Gasteiger partial charge in [-0.05, 0) is 37.0 Å². The summed E-state index contributed by atoms with van der Waals surface area (Å²) in [6.07, 6.45) is 6.25. The fraction of sp³-hybridized carbons (Fsp3) is 0.533. The van der Waals surface area contributed by atoms with E-state index >= 15 is 0 Å². The summed E-state index contributed by atoms with van der Waals surface area (Å²) in [5.74, 6) is 0.374. The second kappa shape index (κ2) is 5.95. The largest absolute Gasteiger partial charge is 0.397 e. The molecule has 0 heterocycles. The van der Waals surface area contributed by atoms with Crippen molar-refractivity contribution in [3.63, 3.8) is 0 Å². The molecule has 1 amide bonds. The molecule has 0 aromatic heterocycles. The lowest BCUT2D eigenvalue weighted by atomic mass is 9.84. The number of nitrogens with one attached hydrogen (secondary N) is 1. The van der Waals surface area contributed by atoms with Crippen molar-refractivity contribution in [2.75, 3.05) is 11.1 Å². The van der Waals surface area contributed by atoms with Crippen LogP contribution >= 0.6 is 0 Å². The van der Waals surface area contributed by atoms with Crippen LogP contribution < -0.4 is 16.8 Å². The number of nitrogen functional groups attached to an aromatic ring is 1. The van der Waals surface area contributed by atoms with Crippen molar-refractivity contribution in [1.29, 1.82) is 0 Å². The lowest BCUT2D eigenvalue weighted by molar-refractivity contribution is 0.100. The standard InChI is InChI=1S/C15H23N3O/c1-2-10-4-3-5-12(8-10)18-14-7-6-11(15(17)19)9-13(14)16/h6-7,9-10,12,18H,2-5,8,16H2,1H3,(H2,17,19). The molecule has 1 aliphatic carbocycles. The predicted octanol–water partition coefficient (Wildman–Crippen LogP) is 2.75. The highest BCUT2D eigenvalue weighted by molar-refractivity contribution is 5.94. The Hall–Kier alpha value is -1.71. The van der Waals surface area contributed by atoms with Gasteiger partial charge in [0.05, 0.1) is 11.4 Å². The minimum Gasteiger partial charge on any atom is -0.397 e. The van der Waals surface area contributed by atoms with Crippen LogP contribution in [0.4, 0.5) is 11.4 Å². The van der Waals surface area contributed by atoms with E-state index in [0.717, 1.165) is 11.6 Å². The smallest absolute Gasteiger partial charge is 0.248 e. The average molecular weight is 261 g/mol. The molecule has 1 aliphatic rings. The minimum absolute atomic E-state index is 0.443. The molecule has 1 aromatic rings. The molecule has 4 nitrogen and oxygen atoms in total. The summed E-state index contributed by atoms with van der Waals surface area (Å²) < 4.78 is 0. The van der Waals surface area contributed by atoms with Crippen LogP contribution in [-0.4, -0.2) is 11.9 Å². The molecule has 0 saturated heterocycles. The first kappa shape index (κ1) is 13.7. The van der Waals surface area contributed by atoms with E-state index in [1.165, 1.54) is 32.1 Å². The quantitative estimate of drug-likeness (QED) is 0.729. The van der Waals surface area contributed by atoms with Crippen LogP contribution in [0.1, 0.15) is 49.4 Å². The van der Waals surface area contributed by atoms with Crippen molar-refractivity contribution in [2.24, 2.45) is 11.7 Å². The Bertz CT molecular complexity index is 459. The Morgan fingerprint density at radius 3 is 2.84 bits per heavy atom. The topological polar surface area (TPSA) is 81.1 Å². The monoisotopic (exact) mass is 261 g/mol. The van der Waals surface area contributed by atoms with Crippen LogP contribution in [0.2, 0.25) is 0 Å². The van der Waals surface area contributed by atoms with Gasteiger partial charge in [0.2, 0.25) is 5.91 Å². The Kier molecular flexibility index (Phi) is 4.30. The molecule has 4 heteroatoms. The predicted molar refractivity (Wildman–Crippen MR) is 79.0 cm³/mol. The number of anilines is 2. The van der Waals surface area contributed by atoms with Crippen molar-refractivity contribution in [3.8, 4) is 0 Å². The number of hydrogen-bond donors (Lipinski definition) is 3. The molecule has 0 aliphatic heterocycles. The van der Waals surface area contributed by atoms with E-state index in [-0.39, 0.29) is 0 Å². The molecule has 1 fully saturated rings. The summed E-state index contributed by atoms with van der Waals surface area (Å²) in [6.45, 7) is 2.25. The maximum absolute atomic E-state index is 11.1. The van der Waals surface area contributed by atoms with Gasteiger partial charge in [0.1, 0.15) is 0 Å². The summed E-state index contributed by atoms with van der Waals surface area (Å²) in [7, 11) is 0. The number of nitrogens with two attached hydrogens (primary N) is 2. The molecule has 0 spiro atoms. The third-order valence-electron chi connectivity index (χ3n) is 4.06. The number of carbonyl (C=O) groups excluding carboxylic acids is 1. The number of benzene rings is 1. The summed E-state index contributed by atoms with van der Waals surface area (Å²) in [5, 5.41) is 3.50. The zero-order chi connectivity index (χ0) is 13.8. The van der Waals surface area contributed by atoms with E-state index in [1.807, 2.05) is 6.07 Å². The second-order valence-corrected chi connectivity index (χ2v) is 5.45. The first-order chi connectivity index (χ1) is 9.10. The van der Waals surface area contributed by atoms with Crippen LogP contribution in [0.25, 0.3) is 0 Å². The number of amides is 1. The molecule has 0 radical (unpaired) electrons. The molecule has 1 aromatic carbocycles.